The Morgan fingerprint density at radius 3 is 2.34 bits per heavy atom. The van der Waals surface area contributed by atoms with Gasteiger partial charge in [-0.05, 0) is 55.5 Å². The molecule has 4 rings (SSSR count). The molecule has 2 aromatic heterocycles. The van der Waals surface area contributed by atoms with E-state index in [1.54, 1.807) is 12.4 Å². The molecule has 32 heavy (non-hydrogen) atoms. The molecule has 2 aromatic carbocycles. The van der Waals surface area contributed by atoms with Gasteiger partial charge in [-0.2, -0.15) is 8.78 Å². The van der Waals surface area contributed by atoms with Crippen LogP contribution in [0.5, 0.6) is 5.75 Å². The molecule has 162 valence electrons. The fourth-order valence-corrected chi connectivity index (χ4v) is 3.86. The number of ketones is 1. The van der Waals surface area contributed by atoms with Crippen LogP contribution < -0.4 is 4.74 Å². The molecule has 0 N–H and O–H groups in total. The van der Waals surface area contributed by atoms with Gasteiger partial charge < -0.3 is 4.74 Å². The van der Waals surface area contributed by atoms with Gasteiger partial charge in [0.2, 0.25) is 0 Å². The van der Waals surface area contributed by atoms with Crippen molar-refractivity contribution in [2.24, 2.45) is 0 Å². The van der Waals surface area contributed by atoms with E-state index in [1.165, 1.54) is 36.0 Å². The Morgan fingerprint density at radius 2 is 1.69 bits per heavy atom. The van der Waals surface area contributed by atoms with E-state index in [4.69, 9.17) is 0 Å². The fraction of sp³-hybridized carbons (Fsp3) is 0.130. The molecule has 6 nitrogen and oxygen atoms in total. The number of alkyl halides is 2. The summed E-state index contributed by atoms with van der Waals surface area (Å²) in [6.07, 6.45) is 3.36. The maximum Gasteiger partial charge on any atom is 0.387 e. The van der Waals surface area contributed by atoms with Crippen LogP contribution in [0.1, 0.15) is 15.9 Å². The predicted molar refractivity (Wildman–Crippen MR) is 117 cm³/mol. The molecule has 0 bridgehead atoms. The maximum absolute atomic E-state index is 12.6. The number of ether oxygens (including phenoxy) is 1. The average molecular weight is 452 g/mol. The Morgan fingerprint density at radius 1 is 1.00 bits per heavy atom. The van der Waals surface area contributed by atoms with Gasteiger partial charge in [-0.3, -0.25) is 14.3 Å². The van der Waals surface area contributed by atoms with Gasteiger partial charge in [0, 0.05) is 29.2 Å². The van der Waals surface area contributed by atoms with E-state index in [9.17, 15) is 13.6 Å². The number of carbonyl (C=O) groups excluding carboxylic acids is 1. The topological polar surface area (TPSA) is 69.9 Å². The quantitative estimate of drug-likeness (QED) is 0.270. The third-order valence-electron chi connectivity index (χ3n) is 4.60. The van der Waals surface area contributed by atoms with Crippen molar-refractivity contribution in [2.75, 3.05) is 5.75 Å². The number of halogens is 2. The molecule has 0 aliphatic rings. The molecule has 0 spiro atoms. The minimum absolute atomic E-state index is 0.00492. The fourth-order valence-electron chi connectivity index (χ4n) is 3.01. The molecule has 4 aromatic rings. The largest absolute Gasteiger partial charge is 0.435 e. The summed E-state index contributed by atoms with van der Waals surface area (Å²) < 4.78 is 30.8. The van der Waals surface area contributed by atoms with Crippen LogP contribution in [0.4, 0.5) is 8.78 Å². The molecule has 0 aliphatic heterocycles. The van der Waals surface area contributed by atoms with E-state index >= 15 is 0 Å². The molecule has 0 saturated carbocycles. The number of hydrogen-bond acceptors (Lipinski definition) is 6. The van der Waals surface area contributed by atoms with E-state index in [1.807, 2.05) is 47.9 Å². The van der Waals surface area contributed by atoms with Gasteiger partial charge in [-0.1, -0.05) is 29.5 Å². The first kappa shape index (κ1) is 21.6. The number of thioether (sulfide) groups is 1. The smallest absolute Gasteiger partial charge is 0.387 e. The van der Waals surface area contributed by atoms with Crippen molar-refractivity contribution in [3.8, 4) is 22.8 Å². The SMILES string of the molecule is Cc1ccc(-n2c(SCC(=O)c3ccc(OC(F)F)cc3)nnc2-c2ccncc2)cc1. The van der Waals surface area contributed by atoms with E-state index in [0.29, 0.717) is 16.5 Å². The highest BCUT2D eigenvalue weighted by Crippen LogP contribution is 2.28. The Balaban J connectivity index is 1.58. The van der Waals surface area contributed by atoms with E-state index in [-0.39, 0.29) is 17.3 Å². The number of hydrogen-bond donors (Lipinski definition) is 0. The molecule has 0 fully saturated rings. The lowest BCUT2D eigenvalue weighted by molar-refractivity contribution is -0.0498. The van der Waals surface area contributed by atoms with Crippen molar-refractivity contribution in [3.05, 3.63) is 84.2 Å². The Kier molecular flexibility index (Phi) is 6.55. The minimum Gasteiger partial charge on any atom is -0.435 e. The van der Waals surface area contributed by atoms with Gasteiger partial charge in [-0.25, -0.2) is 0 Å². The number of nitrogens with zero attached hydrogens (tertiary/aromatic N) is 4. The zero-order valence-electron chi connectivity index (χ0n) is 17.0. The number of carbonyl (C=O) groups is 1. The number of aryl methyl sites for hydroxylation is 1. The van der Waals surface area contributed by atoms with Crippen LogP contribution in [0.15, 0.2) is 78.2 Å². The Labute approximate surface area is 187 Å². The Bertz CT molecular complexity index is 1200. The molecule has 2 heterocycles. The van der Waals surface area contributed by atoms with Crippen molar-refractivity contribution in [1.29, 1.82) is 0 Å². The number of rotatable bonds is 8. The lowest BCUT2D eigenvalue weighted by Gasteiger charge is -2.11. The van der Waals surface area contributed by atoms with Crippen molar-refractivity contribution in [3.63, 3.8) is 0 Å². The van der Waals surface area contributed by atoms with Crippen LogP contribution >= 0.6 is 11.8 Å². The van der Waals surface area contributed by atoms with Crippen LogP contribution in [0, 0.1) is 6.92 Å². The summed E-state index contributed by atoms with van der Waals surface area (Å²) in [5.74, 6) is 0.586. The average Bonchev–Trinajstić information content (AvgIpc) is 3.22. The van der Waals surface area contributed by atoms with Gasteiger partial charge in [0.25, 0.3) is 0 Å². The van der Waals surface area contributed by atoms with Gasteiger partial charge in [0.05, 0.1) is 5.75 Å². The van der Waals surface area contributed by atoms with Gasteiger partial charge >= 0.3 is 6.61 Å². The zero-order chi connectivity index (χ0) is 22.5. The van der Waals surface area contributed by atoms with Crippen molar-refractivity contribution in [1.82, 2.24) is 19.7 Å². The predicted octanol–water partition coefficient (Wildman–Crippen LogP) is 5.21. The minimum atomic E-state index is -2.91. The van der Waals surface area contributed by atoms with E-state index < -0.39 is 6.61 Å². The first-order valence-corrected chi connectivity index (χ1v) is 10.6. The summed E-state index contributed by atoms with van der Waals surface area (Å²) in [4.78, 5) is 16.7. The molecular weight excluding hydrogens is 434 g/mol. The van der Waals surface area contributed by atoms with Gasteiger partial charge in [0.15, 0.2) is 16.8 Å². The number of benzene rings is 2. The van der Waals surface area contributed by atoms with Crippen molar-refractivity contribution in [2.45, 2.75) is 18.7 Å². The highest BCUT2D eigenvalue weighted by Gasteiger charge is 2.18. The van der Waals surface area contributed by atoms with E-state index in [2.05, 4.69) is 19.9 Å². The maximum atomic E-state index is 12.6. The molecule has 0 amide bonds. The highest BCUT2D eigenvalue weighted by atomic mass is 32.2. The molecular formula is C23H18F2N4O2S. The normalized spacial score (nSPS) is 11.0. The Hall–Kier alpha value is -3.59. The second kappa shape index (κ2) is 9.69. The summed E-state index contributed by atoms with van der Waals surface area (Å²) in [6, 6.07) is 17.2. The summed E-state index contributed by atoms with van der Waals surface area (Å²) in [6.45, 7) is -0.902. The number of aromatic nitrogens is 4. The standard InChI is InChI=1S/C23H18F2N4O2S/c1-15-2-6-18(7-3-15)29-21(17-10-12-26-13-11-17)27-28-23(29)32-14-20(30)16-4-8-19(9-5-16)31-22(24)25/h2-13,22H,14H2,1H3. The summed E-state index contributed by atoms with van der Waals surface area (Å²) in [7, 11) is 0. The molecule has 0 radical (unpaired) electrons. The lowest BCUT2D eigenvalue weighted by Crippen LogP contribution is -2.06. The lowest BCUT2D eigenvalue weighted by atomic mass is 10.1. The zero-order valence-corrected chi connectivity index (χ0v) is 17.8. The molecule has 0 atom stereocenters. The summed E-state index contributed by atoms with van der Waals surface area (Å²) in [5.41, 5.74) is 3.24. The summed E-state index contributed by atoms with van der Waals surface area (Å²) >= 11 is 1.25. The van der Waals surface area contributed by atoms with E-state index in [0.717, 1.165) is 16.8 Å². The number of Topliss-reactive ketones (excluding diaryl/α,β-unsaturated/α-hetero) is 1. The third-order valence-corrected chi connectivity index (χ3v) is 5.53. The highest BCUT2D eigenvalue weighted by molar-refractivity contribution is 7.99. The van der Waals surface area contributed by atoms with Crippen molar-refractivity contribution < 1.29 is 18.3 Å². The van der Waals surface area contributed by atoms with Gasteiger partial charge in [0.1, 0.15) is 5.75 Å². The first-order chi connectivity index (χ1) is 15.5. The second-order valence-corrected chi connectivity index (χ2v) is 7.77. The third kappa shape index (κ3) is 5.00. The van der Waals surface area contributed by atoms with Crippen LogP contribution in [0.25, 0.3) is 17.1 Å². The molecule has 0 unspecified atom stereocenters. The second-order valence-electron chi connectivity index (χ2n) is 6.83. The molecule has 9 heteroatoms. The van der Waals surface area contributed by atoms with Crippen LogP contribution in [-0.4, -0.2) is 37.9 Å². The summed E-state index contributed by atoms with van der Waals surface area (Å²) in [5, 5.41) is 9.21. The molecule has 0 aliphatic carbocycles. The van der Waals surface area contributed by atoms with Crippen LogP contribution in [0.3, 0.4) is 0 Å². The monoisotopic (exact) mass is 452 g/mol. The van der Waals surface area contributed by atoms with Crippen LogP contribution in [-0.2, 0) is 0 Å². The first-order valence-electron chi connectivity index (χ1n) is 9.65. The number of pyridine rings is 1. The molecule has 0 saturated heterocycles. The van der Waals surface area contributed by atoms with Gasteiger partial charge in [-0.15, -0.1) is 10.2 Å². The van der Waals surface area contributed by atoms with Crippen LogP contribution in [0.2, 0.25) is 0 Å². The van der Waals surface area contributed by atoms with Crippen molar-refractivity contribution >= 4 is 17.5 Å².